The molecular weight excluding hydrogens is 216 g/mol. The highest BCUT2D eigenvalue weighted by atomic mass is 16.3. The molecule has 0 aliphatic rings. The molecule has 2 heterocycles. The molecule has 0 amide bonds. The summed E-state index contributed by atoms with van der Waals surface area (Å²) < 4.78 is 5.10. The summed E-state index contributed by atoms with van der Waals surface area (Å²) in [6.07, 6.45) is 4.65. The van der Waals surface area contributed by atoms with E-state index in [1.807, 2.05) is 6.07 Å². The van der Waals surface area contributed by atoms with Gasteiger partial charge in [0, 0.05) is 12.4 Å². The van der Waals surface area contributed by atoms with Gasteiger partial charge >= 0.3 is 0 Å². The zero-order chi connectivity index (χ0) is 11.7. The number of hydrogen-bond donors (Lipinski definition) is 0. The van der Waals surface area contributed by atoms with Gasteiger partial charge in [-0.15, -0.1) is 0 Å². The highest BCUT2D eigenvalue weighted by molar-refractivity contribution is 6.13. The Morgan fingerprint density at radius 1 is 1.06 bits per heavy atom. The van der Waals surface area contributed by atoms with Crippen LogP contribution in [-0.4, -0.2) is 15.8 Å². The molecule has 0 spiro atoms. The van der Waals surface area contributed by atoms with Gasteiger partial charge in [-0.25, -0.2) is 0 Å². The van der Waals surface area contributed by atoms with E-state index in [-0.39, 0.29) is 5.78 Å². The van der Waals surface area contributed by atoms with E-state index in [0.29, 0.717) is 22.4 Å². The Hall–Kier alpha value is -2.49. The monoisotopic (exact) mass is 224 g/mol. The fourth-order valence-electron chi connectivity index (χ4n) is 1.72. The number of ketones is 1. The van der Waals surface area contributed by atoms with Gasteiger partial charge in [0.25, 0.3) is 0 Å². The predicted molar refractivity (Wildman–Crippen MR) is 61.7 cm³/mol. The van der Waals surface area contributed by atoms with Crippen LogP contribution in [0.3, 0.4) is 0 Å². The lowest BCUT2D eigenvalue weighted by Crippen LogP contribution is -2.01. The van der Waals surface area contributed by atoms with E-state index < -0.39 is 0 Å². The standard InChI is InChI=1S/C13H8N2O2/c16-13(11-5-2-8-17-11)9-3-1-4-10-12(9)15-7-6-14-10/h1-8H. The SMILES string of the molecule is O=C(c1ccco1)c1cccc2nccnc12. The lowest BCUT2D eigenvalue weighted by Gasteiger charge is -2.01. The second-order valence-electron chi connectivity index (χ2n) is 3.54. The first kappa shape index (κ1) is 9.72. The van der Waals surface area contributed by atoms with Gasteiger partial charge < -0.3 is 4.42 Å². The molecule has 3 aromatic rings. The summed E-state index contributed by atoms with van der Waals surface area (Å²) in [6, 6.07) is 8.65. The minimum atomic E-state index is -0.180. The first-order valence-electron chi connectivity index (χ1n) is 5.14. The number of fused-ring (bicyclic) bond motifs is 1. The van der Waals surface area contributed by atoms with Gasteiger partial charge in [-0.1, -0.05) is 6.07 Å². The molecule has 0 N–H and O–H groups in total. The van der Waals surface area contributed by atoms with E-state index in [9.17, 15) is 4.79 Å². The second kappa shape index (κ2) is 3.83. The molecule has 3 rings (SSSR count). The Labute approximate surface area is 96.9 Å². The molecule has 1 aromatic carbocycles. The van der Waals surface area contributed by atoms with Crippen LogP contribution in [0, 0.1) is 0 Å². The molecule has 0 unspecified atom stereocenters. The first-order valence-corrected chi connectivity index (χ1v) is 5.14. The second-order valence-corrected chi connectivity index (χ2v) is 3.54. The lowest BCUT2D eigenvalue weighted by atomic mass is 10.1. The van der Waals surface area contributed by atoms with Crippen molar-refractivity contribution in [3.05, 3.63) is 60.3 Å². The summed E-state index contributed by atoms with van der Waals surface area (Å²) in [5.74, 6) is 0.129. The summed E-state index contributed by atoms with van der Waals surface area (Å²) >= 11 is 0. The van der Waals surface area contributed by atoms with E-state index in [4.69, 9.17) is 4.42 Å². The molecule has 0 aliphatic carbocycles. The summed E-state index contributed by atoms with van der Waals surface area (Å²) in [4.78, 5) is 20.5. The number of rotatable bonds is 2. The molecule has 0 fully saturated rings. The Balaban J connectivity index is 2.21. The van der Waals surface area contributed by atoms with E-state index in [0.717, 1.165) is 0 Å². The smallest absolute Gasteiger partial charge is 0.230 e. The molecule has 4 nitrogen and oxygen atoms in total. The molecule has 0 saturated carbocycles. The number of carbonyl (C=O) groups excluding carboxylic acids is 1. The normalized spacial score (nSPS) is 10.6. The minimum Gasteiger partial charge on any atom is -0.461 e. The van der Waals surface area contributed by atoms with Gasteiger partial charge in [0.2, 0.25) is 5.78 Å². The van der Waals surface area contributed by atoms with Crippen molar-refractivity contribution in [2.45, 2.75) is 0 Å². The molecule has 0 bridgehead atoms. The van der Waals surface area contributed by atoms with Crippen molar-refractivity contribution in [1.29, 1.82) is 0 Å². The quantitative estimate of drug-likeness (QED) is 0.627. The van der Waals surface area contributed by atoms with Crippen molar-refractivity contribution in [2.24, 2.45) is 0 Å². The topological polar surface area (TPSA) is 56.0 Å². The molecule has 0 atom stereocenters. The highest BCUT2D eigenvalue weighted by Gasteiger charge is 2.15. The number of nitrogens with zero attached hydrogens (tertiary/aromatic N) is 2. The molecule has 0 aliphatic heterocycles. The Bertz CT molecular complexity index is 669. The average molecular weight is 224 g/mol. The van der Waals surface area contributed by atoms with Crippen molar-refractivity contribution < 1.29 is 9.21 Å². The Kier molecular flexibility index (Phi) is 2.19. The lowest BCUT2D eigenvalue weighted by molar-refractivity contribution is 0.101. The van der Waals surface area contributed by atoms with Crippen LogP contribution in [0.4, 0.5) is 0 Å². The van der Waals surface area contributed by atoms with E-state index in [1.54, 1.807) is 36.7 Å². The van der Waals surface area contributed by atoms with E-state index in [2.05, 4.69) is 9.97 Å². The number of hydrogen-bond acceptors (Lipinski definition) is 4. The summed E-state index contributed by atoms with van der Waals surface area (Å²) in [6.45, 7) is 0. The number of furan rings is 1. The van der Waals surface area contributed by atoms with Gasteiger partial charge in [0.1, 0.15) is 0 Å². The van der Waals surface area contributed by atoms with Crippen molar-refractivity contribution in [1.82, 2.24) is 9.97 Å². The largest absolute Gasteiger partial charge is 0.461 e. The van der Waals surface area contributed by atoms with Gasteiger partial charge in [-0.3, -0.25) is 14.8 Å². The predicted octanol–water partition coefficient (Wildman–Crippen LogP) is 2.45. The van der Waals surface area contributed by atoms with Crippen LogP contribution >= 0.6 is 0 Å². The third kappa shape index (κ3) is 1.59. The molecule has 0 radical (unpaired) electrons. The van der Waals surface area contributed by atoms with Crippen LogP contribution in [0.2, 0.25) is 0 Å². The van der Waals surface area contributed by atoms with Gasteiger partial charge in [-0.2, -0.15) is 0 Å². The van der Waals surface area contributed by atoms with Crippen LogP contribution in [0.25, 0.3) is 11.0 Å². The minimum absolute atomic E-state index is 0.180. The fourth-order valence-corrected chi connectivity index (χ4v) is 1.72. The van der Waals surface area contributed by atoms with Crippen LogP contribution in [-0.2, 0) is 0 Å². The highest BCUT2D eigenvalue weighted by Crippen LogP contribution is 2.17. The zero-order valence-corrected chi connectivity index (χ0v) is 8.83. The number of benzene rings is 1. The summed E-state index contributed by atoms with van der Waals surface area (Å²) in [5, 5.41) is 0. The molecule has 4 heteroatoms. The summed E-state index contributed by atoms with van der Waals surface area (Å²) in [7, 11) is 0. The number of para-hydroxylation sites is 1. The van der Waals surface area contributed by atoms with Crippen molar-refractivity contribution in [3.63, 3.8) is 0 Å². The molecule has 2 aromatic heterocycles. The van der Waals surface area contributed by atoms with Crippen molar-refractivity contribution in [2.75, 3.05) is 0 Å². The van der Waals surface area contributed by atoms with Gasteiger partial charge in [0.15, 0.2) is 5.76 Å². The van der Waals surface area contributed by atoms with Crippen LogP contribution < -0.4 is 0 Å². The average Bonchev–Trinajstić information content (AvgIpc) is 2.91. The maximum atomic E-state index is 12.2. The maximum Gasteiger partial charge on any atom is 0.230 e. The van der Waals surface area contributed by atoms with Crippen molar-refractivity contribution >= 4 is 16.8 Å². The third-order valence-electron chi connectivity index (χ3n) is 2.49. The van der Waals surface area contributed by atoms with E-state index >= 15 is 0 Å². The van der Waals surface area contributed by atoms with Crippen LogP contribution in [0.1, 0.15) is 16.1 Å². The summed E-state index contributed by atoms with van der Waals surface area (Å²) in [5.41, 5.74) is 1.80. The van der Waals surface area contributed by atoms with Crippen molar-refractivity contribution in [3.8, 4) is 0 Å². The van der Waals surface area contributed by atoms with Gasteiger partial charge in [-0.05, 0) is 24.3 Å². The Morgan fingerprint density at radius 3 is 2.76 bits per heavy atom. The maximum absolute atomic E-state index is 12.2. The molecule has 82 valence electrons. The first-order chi connectivity index (χ1) is 8.36. The van der Waals surface area contributed by atoms with Crippen LogP contribution in [0.5, 0.6) is 0 Å². The molecule has 0 saturated heterocycles. The zero-order valence-electron chi connectivity index (χ0n) is 8.83. The van der Waals surface area contributed by atoms with Gasteiger partial charge in [0.05, 0.1) is 22.9 Å². The Morgan fingerprint density at radius 2 is 1.94 bits per heavy atom. The molecular formula is C13H8N2O2. The van der Waals surface area contributed by atoms with Crippen LogP contribution in [0.15, 0.2) is 53.4 Å². The number of carbonyl (C=O) groups is 1. The molecule has 17 heavy (non-hydrogen) atoms. The number of aromatic nitrogens is 2. The third-order valence-corrected chi connectivity index (χ3v) is 2.49. The van der Waals surface area contributed by atoms with E-state index in [1.165, 1.54) is 6.26 Å². The fraction of sp³-hybridized carbons (Fsp3) is 0.